The lowest BCUT2D eigenvalue weighted by Crippen LogP contribution is -2.40. The Morgan fingerprint density at radius 3 is 2.29 bits per heavy atom. The van der Waals surface area contributed by atoms with Gasteiger partial charge in [-0.25, -0.2) is 13.4 Å². The van der Waals surface area contributed by atoms with Gasteiger partial charge in [-0.1, -0.05) is 12.1 Å². The summed E-state index contributed by atoms with van der Waals surface area (Å²) >= 11 is 0. The maximum Gasteiger partial charge on any atom is 0.274 e. The van der Waals surface area contributed by atoms with Crippen LogP contribution in [0.15, 0.2) is 76.2 Å². The fourth-order valence-electron chi connectivity index (χ4n) is 6.64. The van der Waals surface area contributed by atoms with Gasteiger partial charge >= 0.3 is 0 Å². The van der Waals surface area contributed by atoms with E-state index in [0.717, 1.165) is 47.4 Å². The van der Waals surface area contributed by atoms with Gasteiger partial charge in [0.05, 0.1) is 29.9 Å². The first-order valence-electron chi connectivity index (χ1n) is 15.1. The Morgan fingerprint density at radius 1 is 0.844 bits per heavy atom. The van der Waals surface area contributed by atoms with Crippen LogP contribution in [-0.2, 0) is 14.8 Å². The molecule has 2 atom stereocenters. The zero-order valence-electron chi connectivity index (χ0n) is 24.4. The minimum absolute atomic E-state index is 0.0377. The molecule has 5 aliphatic rings. The SMILES string of the molecule is O=C(c1ccc(S(=O)(=O)N2CCOCC2)cc1)N1N=C2C(=Cc3ccc4c(c3)OCO4)CCCC2C1c1ccc2c(c1)OCO2. The Balaban J connectivity index is 1.14. The van der Waals surface area contributed by atoms with Crippen molar-refractivity contribution < 1.29 is 36.9 Å². The minimum Gasteiger partial charge on any atom is -0.454 e. The molecule has 1 aliphatic carbocycles. The highest BCUT2D eigenvalue weighted by Gasteiger charge is 2.44. The third-order valence-corrected chi connectivity index (χ3v) is 10.8. The molecule has 2 fully saturated rings. The summed E-state index contributed by atoms with van der Waals surface area (Å²) < 4.78 is 55.4. The quantitative estimate of drug-likeness (QED) is 0.402. The third-order valence-electron chi connectivity index (χ3n) is 8.89. The van der Waals surface area contributed by atoms with Crippen LogP contribution < -0.4 is 18.9 Å². The van der Waals surface area contributed by atoms with Crippen molar-refractivity contribution in [2.75, 3.05) is 39.9 Å². The molecule has 2 unspecified atom stereocenters. The van der Waals surface area contributed by atoms with Crippen LogP contribution in [0.3, 0.4) is 0 Å². The van der Waals surface area contributed by atoms with Gasteiger partial charge < -0.3 is 23.7 Å². The summed E-state index contributed by atoms with van der Waals surface area (Å²) in [5.41, 5.74) is 4.16. The zero-order valence-corrected chi connectivity index (χ0v) is 25.2. The topological polar surface area (TPSA) is 116 Å². The first-order valence-corrected chi connectivity index (χ1v) is 16.5. The molecular weight excluding hydrogens is 598 g/mol. The van der Waals surface area contributed by atoms with E-state index in [2.05, 4.69) is 6.08 Å². The van der Waals surface area contributed by atoms with Gasteiger partial charge in [0.15, 0.2) is 23.0 Å². The number of hydrogen-bond acceptors (Lipinski definition) is 9. The van der Waals surface area contributed by atoms with Crippen LogP contribution in [0.2, 0.25) is 0 Å². The van der Waals surface area contributed by atoms with E-state index in [0.29, 0.717) is 49.1 Å². The second-order valence-electron chi connectivity index (χ2n) is 11.5. The summed E-state index contributed by atoms with van der Waals surface area (Å²) in [5.74, 6) is 2.39. The Morgan fingerprint density at radius 2 is 1.53 bits per heavy atom. The number of carbonyl (C=O) groups excluding carboxylic acids is 1. The predicted molar refractivity (Wildman–Crippen MR) is 163 cm³/mol. The summed E-state index contributed by atoms with van der Waals surface area (Å²) in [6.45, 7) is 1.68. The number of morpholine rings is 1. The summed E-state index contributed by atoms with van der Waals surface area (Å²) in [6, 6.07) is 17.4. The standard InChI is InChI=1S/C33H31N3O8S/c37-33(22-5-8-25(9-6-22)45(38,39)35-12-14-40-15-13-35)36-32(24-7-11-28-30(18-24)44-20-42-28)26-3-1-2-23(31(26)34-36)16-21-4-10-27-29(17-21)43-19-41-27/h4-11,16-18,26,32H,1-3,12-15,19-20H2. The van der Waals surface area contributed by atoms with Crippen molar-refractivity contribution in [3.8, 4) is 23.0 Å². The van der Waals surface area contributed by atoms with Crippen LogP contribution in [0.1, 0.15) is 46.8 Å². The molecule has 3 aromatic carbocycles. The fraction of sp³-hybridized carbons (Fsp3) is 0.333. The first-order chi connectivity index (χ1) is 22.0. The molecular formula is C33H31N3O8S. The van der Waals surface area contributed by atoms with Crippen LogP contribution in [-0.4, -0.2) is 69.2 Å². The van der Waals surface area contributed by atoms with Crippen molar-refractivity contribution in [3.05, 3.63) is 82.9 Å². The smallest absolute Gasteiger partial charge is 0.274 e. The molecule has 1 amide bonds. The average Bonchev–Trinajstić information content (AvgIpc) is 3.83. The largest absolute Gasteiger partial charge is 0.454 e. The van der Waals surface area contributed by atoms with Crippen molar-refractivity contribution in [2.24, 2.45) is 11.0 Å². The van der Waals surface area contributed by atoms with E-state index >= 15 is 0 Å². The van der Waals surface area contributed by atoms with Gasteiger partial charge in [-0.2, -0.15) is 9.41 Å². The summed E-state index contributed by atoms with van der Waals surface area (Å²) in [6.07, 6.45) is 4.74. The van der Waals surface area contributed by atoms with E-state index in [9.17, 15) is 13.2 Å². The van der Waals surface area contributed by atoms with E-state index in [1.54, 1.807) is 17.1 Å². The third kappa shape index (κ3) is 5.02. The maximum atomic E-state index is 14.2. The number of carbonyl (C=O) groups is 1. The highest BCUT2D eigenvalue weighted by atomic mass is 32.2. The number of allylic oxidation sites excluding steroid dienone is 1. The summed E-state index contributed by atoms with van der Waals surface area (Å²) in [5, 5.41) is 6.55. The first kappa shape index (κ1) is 28.1. The van der Waals surface area contributed by atoms with Crippen LogP contribution in [0.25, 0.3) is 6.08 Å². The van der Waals surface area contributed by atoms with Gasteiger partial charge in [-0.3, -0.25) is 4.79 Å². The molecule has 0 radical (unpaired) electrons. The molecule has 0 spiro atoms. The molecule has 45 heavy (non-hydrogen) atoms. The van der Waals surface area contributed by atoms with Crippen LogP contribution in [0.5, 0.6) is 23.0 Å². The number of hydrazone groups is 1. The molecule has 4 heterocycles. The van der Waals surface area contributed by atoms with Gasteiger partial charge in [0.2, 0.25) is 23.6 Å². The second kappa shape index (κ2) is 11.2. The van der Waals surface area contributed by atoms with E-state index < -0.39 is 10.0 Å². The van der Waals surface area contributed by atoms with E-state index in [1.165, 1.54) is 16.4 Å². The van der Waals surface area contributed by atoms with Gasteiger partial charge in [-0.15, -0.1) is 0 Å². The van der Waals surface area contributed by atoms with Crippen molar-refractivity contribution in [1.82, 2.24) is 9.31 Å². The molecule has 11 nitrogen and oxygen atoms in total. The Kier molecular flexibility index (Phi) is 7.00. The Labute approximate surface area is 260 Å². The normalized spacial score (nSPS) is 23.2. The molecule has 8 rings (SSSR count). The summed E-state index contributed by atoms with van der Waals surface area (Å²) in [4.78, 5) is 14.3. The fourth-order valence-corrected chi connectivity index (χ4v) is 8.05. The predicted octanol–water partition coefficient (Wildman–Crippen LogP) is 4.60. The van der Waals surface area contributed by atoms with E-state index in [1.807, 2.05) is 36.4 Å². The molecule has 0 aromatic heterocycles. The summed E-state index contributed by atoms with van der Waals surface area (Å²) in [7, 11) is -3.69. The number of fused-ring (bicyclic) bond motifs is 3. The van der Waals surface area contributed by atoms with Gasteiger partial charge in [0.25, 0.3) is 5.91 Å². The lowest BCUT2D eigenvalue weighted by atomic mass is 9.77. The Bertz CT molecular complexity index is 1830. The van der Waals surface area contributed by atoms with Crippen molar-refractivity contribution in [3.63, 3.8) is 0 Å². The number of hydrogen-bond donors (Lipinski definition) is 0. The van der Waals surface area contributed by atoms with E-state index in [-0.39, 0.29) is 36.3 Å². The van der Waals surface area contributed by atoms with Gasteiger partial charge in [0, 0.05) is 24.6 Å². The Hall–Kier alpha value is -4.39. The highest BCUT2D eigenvalue weighted by molar-refractivity contribution is 7.89. The molecule has 0 bridgehead atoms. The van der Waals surface area contributed by atoms with Crippen LogP contribution in [0, 0.1) is 5.92 Å². The van der Waals surface area contributed by atoms with Crippen molar-refractivity contribution in [2.45, 2.75) is 30.2 Å². The van der Waals surface area contributed by atoms with Gasteiger partial charge in [-0.05, 0) is 90.6 Å². The number of amides is 1. The number of sulfonamides is 1. The monoisotopic (exact) mass is 629 g/mol. The number of ether oxygens (including phenoxy) is 5. The van der Waals surface area contributed by atoms with Crippen LogP contribution >= 0.6 is 0 Å². The highest BCUT2D eigenvalue weighted by Crippen LogP contribution is 2.47. The number of rotatable bonds is 5. The van der Waals surface area contributed by atoms with Crippen LogP contribution in [0.4, 0.5) is 0 Å². The molecule has 232 valence electrons. The molecule has 12 heteroatoms. The minimum atomic E-state index is -3.69. The number of benzene rings is 3. The lowest BCUT2D eigenvalue weighted by molar-refractivity contribution is 0.0680. The number of nitrogens with zero attached hydrogens (tertiary/aromatic N) is 3. The average molecular weight is 630 g/mol. The molecule has 1 saturated carbocycles. The molecule has 3 aromatic rings. The zero-order chi connectivity index (χ0) is 30.5. The van der Waals surface area contributed by atoms with Gasteiger partial charge in [0.1, 0.15) is 0 Å². The second-order valence-corrected chi connectivity index (χ2v) is 13.5. The lowest BCUT2D eigenvalue weighted by Gasteiger charge is -2.30. The van der Waals surface area contributed by atoms with Crippen molar-refractivity contribution in [1.29, 1.82) is 0 Å². The maximum absolute atomic E-state index is 14.2. The van der Waals surface area contributed by atoms with Crippen molar-refractivity contribution >= 4 is 27.7 Å². The molecule has 1 saturated heterocycles. The molecule has 0 N–H and O–H groups in total. The molecule has 4 aliphatic heterocycles. The van der Waals surface area contributed by atoms with E-state index in [4.69, 9.17) is 28.8 Å².